The third-order valence-electron chi connectivity index (χ3n) is 4.21. The number of carbonyl (C=O) groups excluding carboxylic acids is 3. The van der Waals surface area contributed by atoms with Crippen molar-refractivity contribution in [2.24, 2.45) is 0 Å². The smallest absolute Gasteiger partial charge is 0.268 e. The van der Waals surface area contributed by atoms with Crippen LogP contribution in [0.15, 0.2) is 60.3 Å². The first-order valence-electron chi connectivity index (χ1n) is 8.98. The number of hydrogen-bond donors (Lipinski definition) is 3. The molecule has 0 bridgehead atoms. The summed E-state index contributed by atoms with van der Waals surface area (Å²) in [6, 6.07) is 13.5. The maximum atomic E-state index is 12.4. The van der Waals surface area contributed by atoms with Crippen LogP contribution in [-0.2, 0) is 14.4 Å². The minimum atomic E-state index is -0.760. The highest BCUT2D eigenvalue weighted by molar-refractivity contribution is 6.08. The Morgan fingerprint density at radius 3 is 2.31 bits per heavy atom. The Kier molecular flexibility index (Phi) is 6.09. The molecule has 0 spiro atoms. The molecule has 0 aromatic heterocycles. The van der Waals surface area contributed by atoms with Crippen molar-refractivity contribution < 1.29 is 19.1 Å². The van der Waals surface area contributed by atoms with Gasteiger partial charge in [-0.1, -0.05) is 36.4 Å². The van der Waals surface area contributed by atoms with Crippen LogP contribution in [0.4, 0.5) is 5.69 Å². The lowest BCUT2D eigenvalue weighted by Crippen LogP contribution is -2.53. The molecule has 1 atom stereocenters. The normalized spacial score (nSPS) is 17.7. The molecule has 7 heteroatoms. The van der Waals surface area contributed by atoms with E-state index in [0.717, 1.165) is 16.9 Å². The van der Waals surface area contributed by atoms with Gasteiger partial charge in [-0.2, -0.15) is 0 Å². The van der Waals surface area contributed by atoms with E-state index in [1.54, 1.807) is 49.6 Å². The van der Waals surface area contributed by atoms with Crippen LogP contribution in [0.1, 0.15) is 18.1 Å². The number of methoxy groups -OCH3 is 1. The van der Waals surface area contributed by atoms with E-state index in [1.165, 1.54) is 6.92 Å². The Morgan fingerprint density at radius 2 is 1.69 bits per heavy atom. The molecule has 2 aromatic rings. The van der Waals surface area contributed by atoms with Crippen LogP contribution in [-0.4, -0.2) is 30.9 Å². The monoisotopic (exact) mass is 391 g/mol. The Morgan fingerprint density at radius 1 is 1.03 bits per heavy atom. The van der Waals surface area contributed by atoms with E-state index in [9.17, 15) is 14.4 Å². The van der Waals surface area contributed by atoms with Crippen molar-refractivity contribution >= 4 is 35.6 Å². The van der Waals surface area contributed by atoms with Crippen molar-refractivity contribution in [3.05, 3.63) is 71.4 Å². The minimum Gasteiger partial charge on any atom is -0.497 e. The highest BCUT2D eigenvalue weighted by Crippen LogP contribution is 2.15. The summed E-state index contributed by atoms with van der Waals surface area (Å²) in [5, 5.41) is 7.98. The molecule has 1 saturated heterocycles. The van der Waals surface area contributed by atoms with E-state index in [-0.39, 0.29) is 23.4 Å². The summed E-state index contributed by atoms with van der Waals surface area (Å²) in [4.78, 5) is 35.8. The second-order valence-electron chi connectivity index (χ2n) is 6.43. The highest BCUT2D eigenvalue weighted by atomic mass is 16.5. The largest absolute Gasteiger partial charge is 0.497 e. The number of hydrogen-bond acceptors (Lipinski definition) is 4. The molecule has 7 nitrogen and oxygen atoms in total. The lowest BCUT2D eigenvalue weighted by Gasteiger charge is -2.23. The molecule has 148 valence electrons. The Labute approximate surface area is 168 Å². The van der Waals surface area contributed by atoms with Crippen molar-refractivity contribution in [2.75, 3.05) is 12.4 Å². The first kappa shape index (κ1) is 19.9. The molecule has 1 aliphatic rings. The van der Waals surface area contributed by atoms with Crippen LogP contribution in [0.5, 0.6) is 5.75 Å². The van der Waals surface area contributed by atoms with Crippen molar-refractivity contribution in [1.29, 1.82) is 0 Å². The summed E-state index contributed by atoms with van der Waals surface area (Å²) >= 11 is 0. The first-order chi connectivity index (χ1) is 13.9. The Bertz CT molecular complexity index is 976. The van der Waals surface area contributed by atoms with E-state index < -0.39 is 6.04 Å². The van der Waals surface area contributed by atoms with E-state index in [4.69, 9.17) is 4.74 Å². The second-order valence-corrected chi connectivity index (χ2v) is 6.43. The molecular weight excluding hydrogens is 370 g/mol. The first-order valence-corrected chi connectivity index (χ1v) is 8.98. The number of piperazine rings is 1. The van der Waals surface area contributed by atoms with Gasteiger partial charge in [-0.25, -0.2) is 0 Å². The summed E-state index contributed by atoms with van der Waals surface area (Å²) < 4.78 is 5.11. The second kappa shape index (κ2) is 8.88. The van der Waals surface area contributed by atoms with Gasteiger partial charge in [0, 0.05) is 12.6 Å². The van der Waals surface area contributed by atoms with E-state index in [0.29, 0.717) is 5.69 Å². The number of rotatable bonds is 5. The maximum absolute atomic E-state index is 12.4. The standard InChI is InChI=1S/C22H21N3O4/c1-14(26)23-17-8-3-16(4-9-17)13-20-22(28)24-19(21(27)25-20)12-7-15-5-10-18(29-2)11-6-15/h3-13,19H,1-2H3,(H,23,26)(H,24,28)(H,25,27). The van der Waals surface area contributed by atoms with E-state index >= 15 is 0 Å². The molecule has 0 radical (unpaired) electrons. The van der Waals surface area contributed by atoms with Crippen LogP contribution in [0.25, 0.3) is 12.2 Å². The quantitative estimate of drug-likeness (QED) is 0.682. The molecule has 1 unspecified atom stereocenters. The van der Waals surface area contributed by atoms with Crippen molar-refractivity contribution in [1.82, 2.24) is 10.6 Å². The van der Waals surface area contributed by atoms with Crippen molar-refractivity contribution in [3.8, 4) is 5.75 Å². The molecular formula is C22H21N3O4. The number of anilines is 1. The van der Waals surface area contributed by atoms with Gasteiger partial charge in [-0.3, -0.25) is 14.4 Å². The van der Waals surface area contributed by atoms with Crippen molar-refractivity contribution in [3.63, 3.8) is 0 Å². The number of carbonyl (C=O) groups is 3. The summed E-state index contributed by atoms with van der Waals surface area (Å²) in [6.45, 7) is 1.43. The zero-order valence-corrected chi connectivity index (χ0v) is 16.1. The van der Waals surface area contributed by atoms with Gasteiger partial charge in [0.1, 0.15) is 17.5 Å². The fraction of sp³-hybridized carbons (Fsp3) is 0.136. The molecule has 3 rings (SSSR count). The topological polar surface area (TPSA) is 96.5 Å². The van der Waals surface area contributed by atoms with Crippen LogP contribution in [0.3, 0.4) is 0 Å². The van der Waals surface area contributed by atoms with E-state index in [2.05, 4.69) is 16.0 Å². The molecule has 1 heterocycles. The molecule has 2 aromatic carbocycles. The van der Waals surface area contributed by atoms with Gasteiger partial charge in [0.2, 0.25) is 5.91 Å². The van der Waals surface area contributed by atoms with Gasteiger partial charge >= 0.3 is 0 Å². The third-order valence-corrected chi connectivity index (χ3v) is 4.21. The number of amides is 3. The predicted molar refractivity (Wildman–Crippen MR) is 111 cm³/mol. The molecule has 3 amide bonds. The summed E-state index contributed by atoms with van der Waals surface area (Å²) in [6.07, 6.45) is 4.97. The molecule has 0 saturated carbocycles. The third kappa shape index (κ3) is 5.32. The van der Waals surface area contributed by atoms with Gasteiger partial charge in [0.05, 0.1) is 7.11 Å². The van der Waals surface area contributed by atoms with Crippen LogP contribution >= 0.6 is 0 Å². The number of ether oxygens (including phenoxy) is 1. The Balaban J connectivity index is 1.66. The van der Waals surface area contributed by atoms with Gasteiger partial charge in [-0.05, 0) is 41.5 Å². The van der Waals surface area contributed by atoms with Crippen molar-refractivity contribution in [2.45, 2.75) is 13.0 Å². The SMILES string of the molecule is COc1ccc(C=CC2NC(=O)C(=Cc3ccc(NC(C)=O)cc3)NC2=O)cc1. The molecule has 29 heavy (non-hydrogen) atoms. The average Bonchev–Trinajstić information content (AvgIpc) is 2.71. The maximum Gasteiger partial charge on any atom is 0.268 e. The number of benzene rings is 2. The zero-order valence-electron chi connectivity index (χ0n) is 16.1. The highest BCUT2D eigenvalue weighted by Gasteiger charge is 2.27. The molecule has 1 aliphatic heterocycles. The van der Waals surface area contributed by atoms with Gasteiger partial charge in [0.15, 0.2) is 0 Å². The van der Waals surface area contributed by atoms with Crippen LogP contribution < -0.4 is 20.7 Å². The Hall–Kier alpha value is -3.87. The molecule has 3 N–H and O–H groups in total. The number of nitrogens with one attached hydrogen (secondary N) is 3. The summed E-state index contributed by atoms with van der Waals surface area (Å²) in [5.74, 6) is -0.120. The van der Waals surface area contributed by atoms with Gasteiger partial charge in [0.25, 0.3) is 11.8 Å². The zero-order chi connectivity index (χ0) is 20.8. The van der Waals surface area contributed by atoms with Crippen LogP contribution in [0.2, 0.25) is 0 Å². The van der Waals surface area contributed by atoms with Gasteiger partial charge in [-0.15, -0.1) is 0 Å². The summed E-state index contributed by atoms with van der Waals surface area (Å²) in [5.41, 5.74) is 2.42. The summed E-state index contributed by atoms with van der Waals surface area (Å²) in [7, 11) is 1.59. The fourth-order valence-electron chi connectivity index (χ4n) is 2.74. The van der Waals surface area contributed by atoms with Gasteiger partial charge < -0.3 is 20.7 Å². The minimum absolute atomic E-state index is 0.163. The lowest BCUT2D eigenvalue weighted by molar-refractivity contribution is -0.129. The average molecular weight is 391 g/mol. The molecule has 0 aliphatic carbocycles. The van der Waals surface area contributed by atoms with Crippen LogP contribution in [0, 0.1) is 0 Å². The lowest BCUT2D eigenvalue weighted by atomic mass is 10.1. The predicted octanol–water partition coefficient (Wildman–Crippen LogP) is 2.32. The molecule has 1 fully saturated rings. The van der Waals surface area contributed by atoms with E-state index in [1.807, 2.05) is 24.3 Å². The fourth-order valence-corrected chi connectivity index (χ4v) is 2.74.